The summed E-state index contributed by atoms with van der Waals surface area (Å²) in [6.45, 7) is 4.11. The van der Waals surface area contributed by atoms with Crippen molar-refractivity contribution in [1.82, 2.24) is 20.2 Å². The number of halogens is 2. The molecule has 0 saturated carbocycles. The van der Waals surface area contributed by atoms with Gasteiger partial charge in [0.2, 0.25) is 5.88 Å². The lowest BCUT2D eigenvalue weighted by molar-refractivity contribution is 0.371. The van der Waals surface area contributed by atoms with Gasteiger partial charge in [-0.05, 0) is 48.0 Å². The van der Waals surface area contributed by atoms with E-state index < -0.39 is 0 Å². The quantitative estimate of drug-likeness (QED) is 0.296. The minimum Gasteiger partial charge on any atom is -0.439 e. The van der Waals surface area contributed by atoms with Crippen molar-refractivity contribution < 1.29 is 9.13 Å². The molecule has 1 fully saturated rings. The topological polar surface area (TPSA) is 65.9 Å². The molecule has 0 aliphatic carbocycles. The molecule has 1 aliphatic rings. The molecule has 1 aromatic carbocycles. The molecule has 7 nitrogen and oxygen atoms in total. The van der Waals surface area contributed by atoms with Crippen molar-refractivity contribution in [3.05, 3.63) is 78.4 Å². The Hall–Kier alpha value is -2.95. The van der Waals surface area contributed by atoms with Crippen molar-refractivity contribution in [1.29, 1.82) is 0 Å². The van der Waals surface area contributed by atoms with Crippen LogP contribution >= 0.6 is 24.0 Å². The monoisotopic (exact) mass is 548 g/mol. The van der Waals surface area contributed by atoms with Gasteiger partial charge in [0.25, 0.3) is 0 Å². The molecule has 3 heterocycles. The number of hydrogen-bond donors (Lipinski definition) is 1. The predicted octanol–water partition coefficient (Wildman–Crippen LogP) is 3.92. The van der Waals surface area contributed by atoms with E-state index in [1.54, 1.807) is 25.4 Å². The maximum Gasteiger partial charge on any atom is 0.219 e. The van der Waals surface area contributed by atoms with Crippen molar-refractivity contribution in [3.63, 3.8) is 0 Å². The number of hydrogen-bond acceptors (Lipinski definition) is 5. The zero-order chi connectivity index (χ0) is 21.5. The van der Waals surface area contributed by atoms with E-state index in [9.17, 15) is 4.39 Å². The van der Waals surface area contributed by atoms with Gasteiger partial charge in [0.1, 0.15) is 17.4 Å². The van der Waals surface area contributed by atoms with Gasteiger partial charge in [0, 0.05) is 58.2 Å². The number of nitrogens with one attached hydrogen (secondary N) is 1. The van der Waals surface area contributed by atoms with Gasteiger partial charge in [-0.25, -0.2) is 14.4 Å². The Morgan fingerprint density at radius 3 is 2.50 bits per heavy atom. The summed E-state index contributed by atoms with van der Waals surface area (Å²) in [7, 11) is 1.79. The highest BCUT2D eigenvalue weighted by Crippen LogP contribution is 2.20. The molecule has 0 unspecified atom stereocenters. The minimum absolute atomic E-state index is 0. The van der Waals surface area contributed by atoms with Crippen molar-refractivity contribution in [2.24, 2.45) is 4.99 Å². The van der Waals surface area contributed by atoms with Crippen LogP contribution in [-0.2, 0) is 6.54 Å². The molecule has 1 N–H and O–H groups in total. The van der Waals surface area contributed by atoms with Gasteiger partial charge in [-0.3, -0.25) is 4.99 Å². The van der Waals surface area contributed by atoms with E-state index in [0.717, 1.165) is 43.5 Å². The number of anilines is 1. The second kappa shape index (κ2) is 11.6. The van der Waals surface area contributed by atoms with Crippen molar-refractivity contribution in [2.75, 3.05) is 38.1 Å². The Bertz CT molecular complexity index is 1010. The van der Waals surface area contributed by atoms with Crippen molar-refractivity contribution in [2.45, 2.75) is 6.54 Å². The zero-order valence-corrected chi connectivity index (χ0v) is 20.1. The van der Waals surface area contributed by atoms with Gasteiger partial charge >= 0.3 is 0 Å². The number of aromatic nitrogens is 2. The first-order chi connectivity index (χ1) is 15.2. The molecule has 0 radical (unpaired) electrons. The van der Waals surface area contributed by atoms with Crippen LogP contribution in [-0.4, -0.2) is 54.1 Å². The number of guanidine groups is 1. The normalized spacial score (nSPS) is 14.0. The van der Waals surface area contributed by atoms with Crippen LogP contribution in [0.2, 0.25) is 0 Å². The molecule has 9 heteroatoms. The predicted molar refractivity (Wildman–Crippen MR) is 134 cm³/mol. The van der Waals surface area contributed by atoms with E-state index in [2.05, 4.69) is 30.1 Å². The highest BCUT2D eigenvalue weighted by molar-refractivity contribution is 14.0. The average Bonchev–Trinajstić information content (AvgIpc) is 2.82. The van der Waals surface area contributed by atoms with Crippen molar-refractivity contribution >= 4 is 35.8 Å². The minimum atomic E-state index is -0.300. The lowest BCUT2D eigenvalue weighted by Gasteiger charge is -2.37. The average molecular weight is 548 g/mol. The van der Waals surface area contributed by atoms with Gasteiger partial charge in [-0.2, -0.15) is 0 Å². The van der Waals surface area contributed by atoms with Crippen LogP contribution in [0.3, 0.4) is 0 Å². The van der Waals surface area contributed by atoms with Crippen LogP contribution < -0.4 is 15.0 Å². The van der Waals surface area contributed by atoms with Gasteiger partial charge in [-0.15, -0.1) is 24.0 Å². The fourth-order valence-corrected chi connectivity index (χ4v) is 3.44. The second-order valence-electron chi connectivity index (χ2n) is 7.12. The van der Waals surface area contributed by atoms with Gasteiger partial charge in [0.15, 0.2) is 5.96 Å². The first-order valence-corrected chi connectivity index (χ1v) is 10.2. The highest BCUT2D eigenvalue weighted by atomic mass is 127. The molecule has 3 aromatic rings. The highest BCUT2D eigenvalue weighted by Gasteiger charge is 2.20. The Balaban J connectivity index is 0.00000289. The number of piperazine rings is 1. The lowest BCUT2D eigenvalue weighted by Crippen LogP contribution is -2.52. The van der Waals surface area contributed by atoms with E-state index in [1.807, 2.05) is 36.5 Å². The van der Waals surface area contributed by atoms with Crippen LogP contribution in [0.1, 0.15) is 5.56 Å². The Labute approximate surface area is 204 Å². The molecule has 1 saturated heterocycles. The summed E-state index contributed by atoms with van der Waals surface area (Å²) in [5.74, 6) is 2.57. The first kappa shape index (κ1) is 23.7. The standard InChI is InChI=1S/C23H25FN6O.HI/c1-25-23(30-14-12-29(13-15-30)21-4-2-3-10-26-21)28-17-18-9-11-27-22(16-18)31-20-7-5-19(24)6-8-20;/h2-11,16H,12-15,17H2,1H3,(H,25,28);1H. The molecule has 0 bridgehead atoms. The maximum absolute atomic E-state index is 13.1. The summed E-state index contributed by atoms with van der Waals surface area (Å²) in [5.41, 5.74) is 1.01. The van der Waals surface area contributed by atoms with Crippen LogP contribution in [0.4, 0.5) is 10.2 Å². The summed E-state index contributed by atoms with van der Waals surface area (Å²) in [4.78, 5) is 17.6. The molecular weight excluding hydrogens is 522 g/mol. The molecule has 0 amide bonds. The number of pyridine rings is 2. The zero-order valence-electron chi connectivity index (χ0n) is 17.8. The fraction of sp³-hybridized carbons (Fsp3) is 0.261. The Morgan fingerprint density at radius 1 is 1.03 bits per heavy atom. The van der Waals surface area contributed by atoms with Crippen LogP contribution in [0.15, 0.2) is 72.0 Å². The van der Waals surface area contributed by atoms with Crippen molar-refractivity contribution in [3.8, 4) is 11.6 Å². The number of benzene rings is 1. The lowest BCUT2D eigenvalue weighted by atomic mass is 10.2. The van der Waals surface area contributed by atoms with Gasteiger partial charge in [-0.1, -0.05) is 6.07 Å². The summed E-state index contributed by atoms with van der Waals surface area (Å²) < 4.78 is 18.8. The molecule has 0 spiro atoms. The van der Waals surface area contributed by atoms with E-state index in [4.69, 9.17) is 4.74 Å². The van der Waals surface area contributed by atoms with Crippen LogP contribution in [0, 0.1) is 5.82 Å². The molecule has 1 aliphatic heterocycles. The first-order valence-electron chi connectivity index (χ1n) is 10.2. The summed E-state index contributed by atoms with van der Waals surface area (Å²) in [6, 6.07) is 15.6. The van der Waals surface area contributed by atoms with E-state index in [1.165, 1.54) is 12.1 Å². The third kappa shape index (κ3) is 6.28. The Morgan fingerprint density at radius 2 is 1.81 bits per heavy atom. The number of ether oxygens (including phenoxy) is 1. The number of aliphatic imine (C=N–C) groups is 1. The Kier molecular flexibility index (Phi) is 8.60. The molecule has 4 rings (SSSR count). The summed E-state index contributed by atoms with van der Waals surface area (Å²) >= 11 is 0. The van der Waals surface area contributed by atoms with Crippen LogP contribution in [0.25, 0.3) is 0 Å². The summed E-state index contributed by atoms with van der Waals surface area (Å²) in [6.07, 6.45) is 3.52. The third-order valence-electron chi connectivity index (χ3n) is 5.05. The molecular formula is C23H26FIN6O. The molecule has 168 valence electrons. The van der Waals surface area contributed by atoms with E-state index in [-0.39, 0.29) is 29.8 Å². The fourth-order valence-electron chi connectivity index (χ4n) is 3.44. The van der Waals surface area contributed by atoms with Gasteiger partial charge in [0.05, 0.1) is 0 Å². The third-order valence-corrected chi connectivity index (χ3v) is 5.05. The number of nitrogens with zero attached hydrogens (tertiary/aromatic N) is 5. The largest absolute Gasteiger partial charge is 0.439 e. The SMILES string of the molecule is CN=C(NCc1ccnc(Oc2ccc(F)cc2)c1)N1CCN(c2ccccn2)CC1.I. The van der Waals surface area contributed by atoms with E-state index in [0.29, 0.717) is 18.2 Å². The second-order valence-corrected chi connectivity index (χ2v) is 7.12. The molecule has 0 atom stereocenters. The van der Waals surface area contributed by atoms with Crippen LogP contribution in [0.5, 0.6) is 11.6 Å². The van der Waals surface area contributed by atoms with E-state index >= 15 is 0 Å². The smallest absolute Gasteiger partial charge is 0.219 e. The summed E-state index contributed by atoms with van der Waals surface area (Å²) in [5, 5.41) is 3.42. The van der Waals surface area contributed by atoms with Gasteiger partial charge < -0.3 is 19.9 Å². The molecule has 32 heavy (non-hydrogen) atoms. The maximum atomic E-state index is 13.1. The number of rotatable bonds is 5. The molecule has 2 aromatic heterocycles.